The van der Waals surface area contributed by atoms with Gasteiger partial charge >= 0.3 is 0 Å². The summed E-state index contributed by atoms with van der Waals surface area (Å²) in [5.41, 5.74) is 2.68. The van der Waals surface area contributed by atoms with Crippen molar-refractivity contribution in [3.05, 3.63) is 84.1 Å². The molecule has 0 saturated heterocycles. The largest absolute Gasteiger partial charge is 0.370 e. The topological polar surface area (TPSA) is 49.8 Å². The van der Waals surface area contributed by atoms with Gasteiger partial charge in [0.15, 0.2) is 0 Å². The first-order chi connectivity index (χ1) is 12.4. The molecule has 0 aliphatic heterocycles. The van der Waals surface area contributed by atoms with E-state index >= 15 is 0 Å². The summed E-state index contributed by atoms with van der Waals surface area (Å²) in [6.07, 6.45) is 4.89. The highest BCUT2D eigenvalue weighted by Gasteiger charge is 1.99. The summed E-state index contributed by atoms with van der Waals surface area (Å²) in [5, 5.41) is 6.66. The number of nitrogens with one attached hydrogen (secondary N) is 2. The normalized spacial score (nSPS) is 10.4. The first-order valence-corrected chi connectivity index (χ1v) is 8.79. The van der Waals surface area contributed by atoms with Gasteiger partial charge in [-0.1, -0.05) is 60.7 Å². The number of hydrogen-bond acceptors (Lipinski definition) is 4. The Bertz CT molecular complexity index is 744. The molecule has 2 aromatic carbocycles. The molecule has 1 heterocycles. The fourth-order valence-electron chi connectivity index (χ4n) is 2.66. The molecule has 0 radical (unpaired) electrons. The maximum Gasteiger partial charge on any atom is 0.224 e. The molecule has 128 valence electrons. The zero-order valence-corrected chi connectivity index (χ0v) is 14.4. The van der Waals surface area contributed by atoms with Crippen molar-refractivity contribution in [1.82, 2.24) is 9.97 Å². The molecule has 0 saturated carbocycles. The Morgan fingerprint density at radius 3 is 2.08 bits per heavy atom. The minimum atomic E-state index is 0.670. The van der Waals surface area contributed by atoms with E-state index in [-0.39, 0.29) is 0 Å². The summed E-state index contributed by atoms with van der Waals surface area (Å²) in [5.74, 6) is 1.54. The van der Waals surface area contributed by atoms with Crippen LogP contribution < -0.4 is 10.6 Å². The first kappa shape index (κ1) is 17.0. The maximum absolute atomic E-state index is 4.52. The van der Waals surface area contributed by atoms with Crippen molar-refractivity contribution >= 4 is 11.8 Å². The van der Waals surface area contributed by atoms with Gasteiger partial charge in [-0.25, -0.2) is 4.98 Å². The van der Waals surface area contributed by atoms with Gasteiger partial charge in [0.2, 0.25) is 5.95 Å². The van der Waals surface area contributed by atoms with E-state index in [1.165, 1.54) is 11.1 Å². The summed E-state index contributed by atoms with van der Waals surface area (Å²) in [6, 6.07) is 22.9. The second-order valence-corrected chi connectivity index (χ2v) is 5.94. The van der Waals surface area contributed by atoms with Gasteiger partial charge < -0.3 is 10.6 Å². The van der Waals surface area contributed by atoms with E-state index in [4.69, 9.17) is 0 Å². The molecule has 2 N–H and O–H groups in total. The van der Waals surface area contributed by atoms with Crippen LogP contribution in [0.2, 0.25) is 0 Å². The highest BCUT2D eigenvalue weighted by molar-refractivity contribution is 5.39. The van der Waals surface area contributed by atoms with E-state index in [9.17, 15) is 0 Å². The molecular weight excluding hydrogens is 308 g/mol. The number of hydrogen-bond donors (Lipinski definition) is 2. The lowest BCUT2D eigenvalue weighted by molar-refractivity contribution is 0.857. The Hall–Kier alpha value is -2.88. The van der Waals surface area contributed by atoms with Crippen LogP contribution in [0.5, 0.6) is 0 Å². The maximum atomic E-state index is 4.52. The molecule has 0 unspecified atom stereocenters. The van der Waals surface area contributed by atoms with E-state index in [2.05, 4.69) is 75.2 Å². The van der Waals surface area contributed by atoms with Crippen LogP contribution >= 0.6 is 0 Å². The smallest absolute Gasteiger partial charge is 0.224 e. The van der Waals surface area contributed by atoms with Gasteiger partial charge in [-0.05, 0) is 36.5 Å². The average Bonchev–Trinajstić information content (AvgIpc) is 2.67. The van der Waals surface area contributed by atoms with Gasteiger partial charge in [-0.15, -0.1) is 0 Å². The molecule has 4 heteroatoms. The lowest BCUT2D eigenvalue weighted by Crippen LogP contribution is -2.10. The van der Waals surface area contributed by atoms with Crippen LogP contribution in [0.3, 0.4) is 0 Å². The van der Waals surface area contributed by atoms with Crippen LogP contribution in [-0.4, -0.2) is 23.1 Å². The monoisotopic (exact) mass is 332 g/mol. The molecule has 0 spiro atoms. The Labute approximate surface area is 149 Å². The lowest BCUT2D eigenvalue weighted by atomic mass is 10.1. The van der Waals surface area contributed by atoms with Gasteiger partial charge in [-0.2, -0.15) is 4.98 Å². The summed E-state index contributed by atoms with van der Waals surface area (Å²) < 4.78 is 0. The molecule has 0 amide bonds. The van der Waals surface area contributed by atoms with Crippen LogP contribution in [0.25, 0.3) is 0 Å². The minimum Gasteiger partial charge on any atom is -0.370 e. The summed E-state index contributed by atoms with van der Waals surface area (Å²) in [7, 11) is 0. The molecule has 25 heavy (non-hydrogen) atoms. The van der Waals surface area contributed by atoms with E-state index in [1.54, 1.807) is 6.20 Å². The molecule has 4 nitrogen and oxygen atoms in total. The Kier molecular flexibility index (Phi) is 6.39. The van der Waals surface area contributed by atoms with Crippen molar-refractivity contribution in [1.29, 1.82) is 0 Å². The summed E-state index contributed by atoms with van der Waals surface area (Å²) in [6.45, 7) is 1.72. The minimum absolute atomic E-state index is 0.670. The van der Waals surface area contributed by atoms with Gasteiger partial charge in [0.05, 0.1) is 0 Å². The third-order valence-electron chi connectivity index (χ3n) is 3.99. The molecule has 0 atom stereocenters. The average molecular weight is 332 g/mol. The predicted octanol–water partition coefficient (Wildman–Crippen LogP) is 4.18. The molecule has 3 rings (SSSR count). The Morgan fingerprint density at radius 2 is 1.36 bits per heavy atom. The van der Waals surface area contributed by atoms with Gasteiger partial charge in [0.25, 0.3) is 0 Å². The van der Waals surface area contributed by atoms with Crippen LogP contribution in [0.15, 0.2) is 72.9 Å². The Morgan fingerprint density at radius 1 is 0.680 bits per heavy atom. The van der Waals surface area contributed by atoms with Gasteiger partial charge in [0, 0.05) is 19.3 Å². The summed E-state index contributed by atoms with van der Waals surface area (Å²) in [4.78, 5) is 8.80. The highest BCUT2D eigenvalue weighted by atomic mass is 15.1. The van der Waals surface area contributed by atoms with Crippen LogP contribution in [-0.2, 0) is 12.8 Å². The number of aromatic nitrogens is 2. The fourth-order valence-corrected chi connectivity index (χ4v) is 2.66. The van der Waals surface area contributed by atoms with Gasteiger partial charge in [0.1, 0.15) is 5.82 Å². The molecule has 0 aliphatic carbocycles. The van der Waals surface area contributed by atoms with Crippen molar-refractivity contribution in [3.8, 4) is 0 Å². The SMILES string of the molecule is c1ccc(CCCNc2ccnc(NCCc3ccccc3)n2)cc1. The quantitative estimate of drug-likeness (QED) is 0.577. The molecule has 3 aromatic rings. The number of rotatable bonds is 9. The van der Waals surface area contributed by atoms with Crippen molar-refractivity contribution < 1.29 is 0 Å². The lowest BCUT2D eigenvalue weighted by Gasteiger charge is -2.08. The van der Waals surface area contributed by atoms with Crippen molar-refractivity contribution in [2.75, 3.05) is 23.7 Å². The zero-order valence-electron chi connectivity index (χ0n) is 14.4. The number of benzene rings is 2. The second-order valence-electron chi connectivity index (χ2n) is 5.94. The summed E-state index contributed by atoms with van der Waals surface area (Å²) >= 11 is 0. The van der Waals surface area contributed by atoms with Crippen molar-refractivity contribution in [2.24, 2.45) is 0 Å². The van der Waals surface area contributed by atoms with E-state index < -0.39 is 0 Å². The molecular formula is C21H24N4. The third-order valence-corrected chi connectivity index (χ3v) is 3.99. The van der Waals surface area contributed by atoms with E-state index in [1.807, 2.05) is 12.1 Å². The van der Waals surface area contributed by atoms with Crippen LogP contribution in [0.1, 0.15) is 17.5 Å². The van der Waals surface area contributed by atoms with E-state index in [0.717, 1.165) is 38.2 Å². The van der Waals surface area contributed by atoms with E-state index in [0.29, 0.717) is 5.95 Å². The van der Waals surface area contributed by atoms with Crippen molar-refractivity contribution in [2.45, 2.75) is 19.3 Å². The van der Waals surface area contributed by atoms with Crippen LogP contribution in [0, 0.1) is 0 Å². The second kappa shape index (κ2) is 9.42. The number of anilines is 2. The van der Waals surface area contributed by atoms with Crippen LogP contribution in [0.4, 0.5) is 11.8 Å². The first-order valence-electron chi connectivity index (χ1n) is 8.79. The highest BCUT2D eigenvalue weighted by Crippen LogP contribution is 2.08. The zero-order chi connectivity index (χ0) is 17.2. The molecule has 0 bridgehead atoms. The Balaban J connectivity index is 1.40. The standard InChI is InChI=1S/C21H24N4/c1-3-8-18(9-4-1)12-7-15-22-20-14-17-24-21(25-20)23-16-13-19-10-5-2-6-11-19/h1-6,8-11,14,17H,7,12-13,15-16H2,(H2,22,23,24,25). The predicted molar refractivity (Wildman–Crippen MR) is 104 cm³/mol. The molecule has 1 aromatic heterocycles. The van der Waals surface area contributed by atoms with Crippen molar-refractivity contribution in [3.63, 3.8) is 0 Å². The van der Waals surface area contributed by atoms with Gasteiger partial charge in [-0.3, -0.25) is 0 Å². The fraction of sp³-hybridized carbons (Fsp3) is 0.238. The molecule has 0 fully saturated rings. The number of nitrogens with zero attached hydrogens (tertiary/aromatic N) is 2. The third kappa shape index (κ3) is 5.92. The molecule has 0 aliphatic rings. The number of aryl methyl sites for hydroxylation is 1.